The van der Waals surface area contributed by atoms with Crippen LogP contribution in [0.3, 0.4) is 0 Å². The molecule has 2 aromatic carbocycles. The first-order valence-corrected chi connectivity index (χ1v) is 9.41. The van der Waals surface area contributed by atoms with E-state index in [1.807, 2.05) is 80.1 Å². The first kappa shape index (κ1) is 19.0. The number of rotatable bonds is 6. The molecule has 27 heavy (non-hydrogen) atoms. The topological polar surface area (TPSA) is 53.9 Å². The summed E-state index contributed by atoms with van der Waals surface area (Å²) in [5, 5.41) is 7.18. The first-order valence-electron chi connectivity index (χ1n) is 9.00. The van der Waals surface area contributed by atoms with Crippen LogP contribution in [0.1, 0.15) is 30.5 Å². The third kappa shape index (κ3) is 4.34. The Morgan fingerprint density at radius 2 is 1.85 bits per heavy atom. The molecule has 5 nitrogen and oxygen atoms in total. The summed E-state index contributed by atoms with van der Waals surface area (Å²) in [6.07, 6.45) is 0.361. The zero-order valence-electron chi connectivity index (χ0n) is 15.8. The summed E-state index contributed by atoms with van der Waals surface area (Å²) in [6, 6.07) is 18.2. The van der Waals surface area contributed by atoms with Crippen LogP contribution < -0.4 is 0 Å². The molecule has 0 unspecified atom stereocenters. The average Bonchev–Trinajstić information content (AvgIpc) is 3.06. The molecule has 3 aromatic rings. The molecule has 1 N–H and O–H groups in total. The third-order valence-electron chi connectivity index (χ3n) is 4.87. The third-order valence-corrected chi connectivity index (χ3v) is 5.19. The van der Waals surface area contributed by atoms with Crippen molar-refractivity contribution in [3.8, 4) is 11.4 Å². The lowest BCUT2D eigenvalue weighted by Gasteiger charge is -2.25. The molecule has 0 radical (unpaired) electrons. The molecule has 1 atom stereocenters. The normalized spacial score (nSPS) is 12.0. The second-order valence-electron chi connectivity index (χ2n) is 6.71. The van der Waals surface area contributed by atoms with Gasteiger partial charge >= 0.3 is 0 Å². The van der Waals surface area contributed by atoms with Crippen LogP contribution >= 0.6 is 12.2 Å². The van der Waals surface area contributed by atoms with Crippen molar-refractivity contribution in [2.24, 2.45) is 0 Å². The number of aryl methyl sites for hydroxylation is 1. The van der Waals surface area contributed by atoms with Crippen LogP contribution in [0, 0.1) is 11.7 Å². The lowest BCUT2D eigenvalue weighted by molar-refractivity contribution is -0.132. The van der Waals surface area contributed by atoms with Crippen LogP contribution in [0.25, 0.3) is 11.4 Å². The van der Waals surface area contributed by atoms with Gasteiger partial charge in [0.25, 0.3) is 0 Å². The number of benzene rings is 2. The van der Waals surface area contributed by atoms with E-state index < -0.39 is 0 Å². The molecule has 1 heterocycles. The minimum Gasteiger partial charge on any atom is -0.339 e. The van der Waals surface area contributed by atoms with E-state index in [0.717, 1.165) is 17.0 Å². The molecule has 3 rings (SSSR count). The molecule has 0 bridgehead atoms. The maximum absolute atomic E-state index is 12.7. The van der Waals surface area contributed by atoms with Gasteiger partial charge in [0.1, 0.15) is 0 Å². The lowest BCUT2D eigenvalue weighted by atomic mass is 10.1. The van der Waals surface area contributed by atoms with Crippen molar-refractivity contribution in [1.29, 1.82) is 0 Å². The predicted molar refractivity (Wildman–Crippen MR) is 110 cm³/mol. The van der Waals surface area contributed by atoms with Crippen LogP contribution in [-0.4, -0.2) is 32.6 Å². The van der Waals surface area contributed by atoms with Crippen LogP contribution in [0.2, 0.25) is 0 Å². The molecule has 0 fully saturated rings. The Bertz CT molecular complexity index is 960. The van der Waals surface area contributed by atoms with Gasteiger partial charge in [-0.15, -0.1) is 0 Å². The number of aromatic nitrogens is 3. The predicted octanol–water partition coefficient (Wildman–Crippen LogP) is 4.53. The van der Waals surface area contributed by atoms with E-state index in [-0.39, 0.29) is 11.9 Å². The molecular formula is C21H24N4OS. The van der Waals surface area contributed by atoms with E-state index in [1.165, 1.54) is 5.56 Å². The number of nitrogens with zero attached hydrogens (tertiary/aromatic N) is 3. The standard InChI is InChI=1S/C21H24N4OS/c1-15-9-11-18(12-10-15)20-22-23-21(27)25(20)14-13-19(26)24(3)16(2)17-7-5-4-6-8-17/h4-12,16H,13-14H2,1-3H3,(H,23,27)/t16-/m0/s1. The lowest BCUT2D eigenvalue weighted by Crippen LogP contribution is -2.30. The smallest absolute Gasteiger partial charge is 0.224 e. The van der Waals surface area contributed by atoms with Gasteiger partial charge in [0.15, 0.2) is 10.6 Å². The quantitative estimate of drug-likeness (QED) is 0.640. The van der Waals surface area contributed by atoms with Crippen LogP contribution in [0.4, 0.5) is 0 Å². The highest BCUT2D eigenvalue weighted by Gasteiger charge is 2.18. The number of nitrogens with one attached hydrogen (secondary N) is 1. The minimum atomic E-state index is 0.0209. The summed E-state index contributed by atoms with van der Waals surface area (Å²) in [5.74, 6) is 0.830. The number of amides is 1. The van der Waals surface area contributed by atoms with Crippen LogP contribution in [0.15, 0.2) is 54.6 Å². The number of aromatic amines is 1. The van der Waals surface area contributed by atoms with Crippen molar-refractivity contribution >= 4 is 18.1 Å². The number of hydrogen-bond acceptors (Lipinski definition) is 3. The van der Waals surface area contributed by atoms with Gasteiger partial charge < -0.3 is 4.90 Å². The monoisotopic (exact) mass is 380 g/mol. The van der Waals surface area contributed by atoms with E-state index >= 15 is 0 Å². The zero-order chi connectivity index (χ0) is 19.4. The summed E-state index contributed by atoms with van der Waals surface area (Å²) in [7, 11) is 1.84. The molecule has 1 aromatic heterocycles. The Balaban J connectivity index is 1.71. The van der Waals surface area contributed by atoms with E-state index in [0.29, 0.717) is 17.7 Å². The van der Waals surface area contributed by atoms with Crippen molar-refractivity contribution < 1.29 is 4.79 Å². The second kappa shape index (κ2) is 8.31. The van der Waals surface area contributed by atoms with Crippen LogP contribution in [-0.2, 0) is 11.3 Å². The maximum atomic E-state index is 12.7. The molecule has 6 heteroatoms. The van der Waals surface area contributed by atoms with Crippen molar-refractivity contribution in [3.05, 3.63) is 70.5 Å². The number of H-pyrrole nitrogens is 1. The Labute approximate surface area is 164 Å². The van der Waals surface area contributed by atoms with Crippen LogP contribution in [0.5, 0.6) is 0 Å². The van der Waals surface area contributed by atoms with Gasteiger partial charge in [-0.3, -0.25) is 14.5 Å². The first-order chi connectivity index (χ1) is 13.0. The van der Waals surface area contributed by atoms with E-state index in [4.69, 9.17) is 12.2 Å². The highest BCUT2D eigenvalue weighted by Crippen LogP contribution is 2.21. The Kier molecular flexibility index (Phi) is 5.86. The molecule has 1 amide bonds. The molecule has 0 aliphatic rings. The number of carbonyl (C=O) groups is 1. The van der Waals surface area contributed by atoms with Gasteiger partial charge in [-0.25, -0.2) is 0 Å². The molecular weight excluding hydrogens is 356 g/mol. The Morgan fingerprint density at radius 3 is 2.52 bits per heavy atom. The van der Waals surface area contributed by atoms with E-state index in [1.54, 1.807) is 4.90 Å². The van der Waals surface area contributed by atoms with Gasteiger partial charge in [0.2, 0.25) is 5.91 Å². The van der Waals surface area contributed by atoms with Crippen molar-refractivity contribution in [1.82, 2.24) is 19.7 Å². The fourth-order valence-electron chi connectivity index (χ4n) is 3.00. The van der Waals surface area contributed by atoms with E-state index in [2.05, 4.69) is 10.2 Å². The molecule has 0 saturated carbocycles. The summed E-state index contributed by atoms with van der Waals surface area (Å²) >= 11 is 5.36. The van der Waals surface area contributed by atoms with Crippen molar-refractivity contribution in [2.45, 2.75) is 32.9 Å². The maximum Gasteiger partial charge on any atom is 0.224 e. The SMILES string of the molecule is Cc1ccc(-c2n[nH]c(=S)n2CCC(=O)N(C)[C@@H](C)c2ccccc2)cc1. The van der Waals surface area contributed by atoms with E-state index in [9.17, 15) is 4.79 Å². The molecule has 0 spiro atoms. The fourth-order valence-corrected chi connectivity index (χ4v) is 3.23. The molecule has 0 aliphatic heterocycles. The summed E-state index contributed by atoms with van der Waals surface area (Å²) < 4.78 is 2.41. The Hall–Kier alpha value is -2.73. The molecule has 0 aliphatic carbocycles. The van der Waals surface area contributed by atoms with Gasteiger partial charge in [-0.05, 0) is 31.6 Å². The summed E-state index contributed by atoms with van der Waals surface area (Å²) in [6.45, 7) is 4.57. The Morgan fingerprint density at radius 1 is 1.19 bits per heavy atom. The summed E-state index contributed by atoms with van der Waals surface area (Å²) in [4.78, 5) is 14.5. The largest absolute Gasteiger partial charge is 0.339 e. The van der Waals surface area contributed by atoms with Gasteiger partial charge in [-0.1, -0.05) is 60.2 Å². The van der Waals surface area contributed by atoms with Gasteiger partial charge in [-0.2, -0.15) is 5.10 Å². The minimum absolute atomic E-state index is 0.0209. The summed E-state index contributed by atoms with van der Waals surface area (Å²) in [5.41, 5.74) is 3.28. The highest BCUT2D eigenvalue weighted by molar-refractivity contribution is 7.71. The zero-order valence-corrected chi connectivity index (χ0v) is 16.7. The number of hydrogen-bond donors (Lipinski definition) is 1. The van der Waals surface area contributed by atoms with Crippen molar-refractivity contribution in [3.63, 3.8) is 0 Å². The molecule has 140 valence electrons. The van der Waals surface area contributed by atoms with Gasteiger partial charge in [0, 0.05) is 25.6 Å². The number of carbonyl (C=O) groups excluding carboxylic acids is 1. The second-order valence-corrected chi connectivity index (χ2v) is 7.10. The van der Waals surface area contributed by atoms with Crippen molar-refractivity contribution in [2.75, 3.05) is 7.05 Å². The molecule has 0 saturated heterocycles. The fraction of sp³-hybridized carbons (Fsp3) is 0.286. The highest BCUT2D eigenvalue weighted by atomic mass is 32.1. The average molecular weight is 381 g/mol. The van der Waals surface area contributed by atoms with Gasteiger partial charge in [0.05, 0.1) is 6.04 Å².